The highest BCUT2D eigenvalue weighted by molar-refractivity contribution is 6.42. The fourth-order valence-electron chi connectivity index (χ4n) is 6.81. The Bertz CT molecular complexity index is 1980. The predicted molar refractivity (Wildman–Crippen MR) is 162 cm³/mol. The van der Waals surface area contributed by atoms with Gasteiger partial charge in [-0.1, -0.05) is 0 Å². The van der Waals surface area contributed by atoms with Gasteiger partial charge in [-0.05, 0) is 45.4 Å². The Morgan fingerprint density at radius 2 is 1.33 bits per heavy atom. The van der Waals surface area contributed by atoms with Crippen LogP contribution in [0.4, 0.5) is 0 Å². The number of furan rings is 1. The molecule has 45 heavy (non-hydrogen) atoms. The maximum Gasteiger partial charge on any atom is 0.262 e. The zero-order valence-corrected chi connectivity index (χ0v) is 26.6. The first kappa shape index (κ1) is 29.9. The Labute approximate surface area is 258 Å². The van der Waals surface area contributed by atoms with Crippen LogP contribution in [0.5, 0.6) is 28.7 Å². The summed E-state index contributed by atoms with van der Waals surface area (Å²) < 4.78 is 47.1. The minimum atomic E-state index is -2.31. The SMILES string of the molecule is COC1=C(C)C(=O)C2=C(C1=O)C1(Oc3c2cc(OC)c(OC)c3C)C(=O)C(OC)=C(C)c2c1oc1c(OC)c(OC)c(C)cc21. The van der Waals surface area contributed by atoms with E-state index < -0.39 is 23.0 Å². The second-order valence-electron chi connectivity index (χ2n) is 10.9. The number of fused-ring (bicyclic) bond motifs is 7. The molecule has 0 radical (unpaired) electrons. The van der Waals surface area contributed by atoms with Gasteiger partial charge >= 0.3 is 0 Å². The van der Waals surface area contributed by atoms with Crippen molar-refractivity contribution in [1.82, 2.24) is 0 Å². The summed E-state index contributed by atoms with van der Waals surface area (Å²) in [6, 6.07) is 3.39. The lowest BCUT2D eigenvalue weighted by molar-refractivity contribution is -0.136. The fourth-order valence-corrected chi connectivity index (χ4v) is 6.81. The van der Waals surface area contributed by atoms with Gasteiger partial charge in [0.1, 0.15) is 5.75 Å². The van der Waals surface area contributed by atoms with Gasteiger partial charge in [0, 0.05) is 38.8 Å². The van der Waals surface area contributed by atoms with E-state index in [0.29, 0.717) is 39.3 Å². The molecule has 0 saturated carbocycles. The lowest BCUT2D eigenvalue weighted by Crippen LogP contribution is -2.52. The number of methoxy groups -OCH3 is 6. The van der Waals surface area contributed by atoms with E-state index in [1.54, 1.807) is 19.9 Å². The standard InChI is InChI=1S/C34H32O11/c1-13-11-17-20-14(2)29(42-9)32(37)34(33(20)44-30(17)31(43-10)25(13)39-6)22-21(23(35)15(3)28(41-8)24(22)36)18-12-19(38-5)27(40-7)16(4)26(18)45-34/h11-12H,1-10H3. The van der Waals surface area contributed by atoms with Gasteiger partial charge in [-0.3, -0.25) is 14.4 Å². The Balaban J connectivity index is 1.86. The van der Waals surface area contributed by atoms with Crippen molar-refractivity contribution in [3.05, 3.63) is 62.8 Å². The number of ether oxygens (including phenoxy) is 7. The molecule has 1 aliphatic heterocycles. The predicted octanol–water partition coefficient (Wildman–Crippen LogP) is 5.16. The van der Waals surface area contributed by atoms with Crippen LogP contribution in [0.2, 0.25) is 0 Å². The summed E-state index contributed by atoms with van der Waals surface area (Å²) in [5, 5.41) is 0.563. The number of allylic oxidation sites excluding steroid dienone is 4. The molecule has 0 amide bonds. The van der Waals surface area contributed by atoms with Crippen molar-refractivity contribution < 1.29 is 52.0 Å². The van der Waals surface area contributed by atoms with Crippen molar-refractivity contribution >= 4 is 39.5 Å². The fraction of sp³-hybridized carbons (Fsp3) is 0.324. The molecule has 11 heteroatoms. The number of aryl methyl sites for hydroxylation is 1. The summed E-state index contributed by atoms with van der Waals surface area (Å²) in [4.78, 5) is 43.6. The van der Waals surface area contributed by atoms with E-state index in [1.807, 2.05) is 13.0 Å². The molecule has 1 unspecified atom stereocenters. The molecule has 2 aromatic carbocycles. The molecule has 0 bridgehead atoms. The first-order chi connectivity index (χ1) is 21.5. The summed E-state index contributed by atoms with van der Waals surface area (Å²) in [6.07, 6.45) is 0. The summed E-state index contributed by atoms with van der Waals surface area (Å²) >= 11 is 0. The van der Waals surface area contributed by atoms with Crippen LogP contribution in [0.25, 0.3) is 22.1 Å². The number of hydrogen-bond acceptors (Lipinski definition) is 11. The summed E-state index contributed by atoms with van der Waals surface area (Å²) in [6.45, 7) is 6.77. The highest BCUT2D eigenvalue weighted by Gasteiger charge is 2.63. The van der Waals surface area contributed by atoms with Crippen LogP contribution in [0.3, 0.4) is 0 Å². The number of benzene rings is 2. The third kappa shape index (κ3) is 3.54. The van der Waals surface area contributed by atoms with E-state index in [1.165, 1.54) is 49.6 Å². The van der Waals surface area contributed by atoms with Crippen molar-refractivity contribution in [1.29, 1.82) is 0 Å². The van der Waals surface area contributed by atoms with Gasteiger partial charge in [0.2, 0.25) is 11.5 Å². The van der Waals surface area contributed by atoms with Gasteiger partial charge in [-0.15, -0.1) is 0 Å². The number of carbonyl (C=O) groups excluding carboxylic acids is 3. The monoisotopic (exact) mass is 616 g/mol. The minimum Gasteiger partial charge on any atom is -0.493 e. The molecule has 234 valence electrons. The Morgan fingerprint density at radius 1 is 0.689 bits per heavy atom. The zero-order valence-electron chi connectivity index (χ0n) is 26.6. The Kier molecular flexibility index (Phi) is 6.76. The summed E-state index contributed by atoms with van der Waals surface area (Å²) in [7, 11) is 8.55. The average molecular weight is 617 g/mol. The van der Waals surface area contributed by atoms with Gasteiger partial charge in [0.05, 0.1) is 48.2 Å². The average Bonchev–Trinajstić information content (AvgIpc) is 3.41. The van der Waals surface area contributed by atoms with Crippen molar-refractivity contribution in [2.45, 2.75) is 33.3 Å². The Hall–Kier alpha value is -5.19. The molecule has 6 rings (SSSR count). The van der Waals surface area contributed by atoms with Crippen LogP contribution in [0.1, 0.15) is 41.9 Å². The number of Topliss-reactive ketones (excluding diaryl/α,β-unsaturated/α-hetero) is 3. The van der Waals surface area contributed by atoms with Gasteiger partial charge in [-0.25, -0.2) is 0 Å². The second kappa shape index (κ2) is 10.2. The number of hydrogen-bond donors (Lipinski definition) is 0. The first-order valence-electron chi connectivity index (χ1n) is 14.0. The summed E-state index contributed by atoms with van der Waals surface area (Å²) in [5.74, 6) is -0.804. The van der Waals surface area contributed by atoms with Crippen LogP contribution >= 0.6 is 0 Å². The maximum absolute atomic E-state index is 14.9. The zero-order chi connectivity index (χ0) is 32.7. The van der Waals surface area contributed by atoms with E-state index in [9.17, 15) is 14.4 Å². The molecular formula is C34H32O11. The van der Waals surface area contributed by atoms with E-state index >= 15 is 0 Å². The van der Waals surface area contributed by atoms with E-state index in [2.05, 4.69) is 0 Å². The van der Waals surface area contributed by atoms with Crippen molar-refractivity contribution in [2.24, 2.45) is 0 Å². The molecule has 2 aliphatic carbocycles. The molecule has 0 N–H and O–H groups in total. The minimum absolute atomic E-state index is 0.0183. The molecule has 0 saturated heterocycles. The highest BCUT2D eigenvalue weighted by Crippen LogP contribution is 2.59. The third-order valence-electron chi connectivity index (χ3n) is 8.77. The molecule has 2 heterocycles. The van der Waals surface area contributed by atoms with Crippen molar-refractivity contribution in [3.63, 3.8) is 0 Å². The lowest BCUT2D eigenvalue weighted by Gasteiger charge is -2.42. The lowest BCUT2D eigenvalue weighted by atomic mass is 9.68. The Morgan fingerprint density at radius 3 is 1.91 bits per heavy atom. The highest BCUT2D eigenvalue weighted by atomic mass is 16.5. The van der Waals surface area contributed by atoms with Gasteiger partial charge in [-0.2, -0.15) is 0 Å². The van der Waals surface area contributed by atoms with Crippen LogP contribution in [0.15, 0.2) is 39.2 Å². The van der Waals surface area contributed by atoms with Crippen LogP contribution < -0.4 is 23.7 Å². The molecule has 3 aliphatic rings. The van der Waals surface area contributed by atoms with E-state index in [4.69, 9.17) is 37.6 Å². The maximum atomic E-state index is 14.9. The third-order valence-corrected chi connectivity index (χ3v) is 8.77. The topological polar surface area (TPSA) is 129 Å². The second-order valence-corrected chi connectivity index (χ2v) is 10.9. The number of ketones is 3. The molecule has 3 aromatic rings. The van der Waals surface area contributed by atoms with Crippen molar-refractivity contribution in [3.8, 4) is 28.7 Å². The van der Waals surface area contributed by atoms with Crippen LogP contribution in [-0.4, -0.2) is 60.0 Å². The molecule has 1 atom stereocenters. The molecule has 11 nitrogen and oxygen atoms in total. The van der Waals surface area contributed by atoms with Crippen LogP contribution in [0, 0.1) is 13.8 Å². The molecular weight excluding hydrogens is 584 g/mol. The first-order valence-corrected chi connectivity index (χ1v) is 14.0. The number of carbonyl (C=O) groups is 3. The molecule has 1 aromatic heterocycles. The summed E-state index contributed by atoms with van der Waals surface area (Å²) in [5.41, 5.74) is 0.0280. The van der Waals surface area contributed by atoms with Gasteiger partial charge < -0.3 is 37.6 Å². The largest absolute Gasteiger partial charge is 0.493 e. The van der Waals surface area contributed by atoms with Crippen molar-refractivity contribution in [2.75, 3.05) is 42.7 Å². The quantitative estimate of drug-likeness (QED) is 0.341. The van der Waals surface area contributed by atoms with Gasteiger partial charge in [0.15, 0.2) is 45.9 Å². The molecule has 1 spiro atoms. The molecule has 0 fully saturated rings. The van der Waals surface area contributed by atoms with Gasteiger partial charge in [0.25, 0.3) is 11.4 Å². The van der Waals surface area contributed by atoms with E-state index in [0.717, 1.165) is 5.56 Å². The van der Waals surface area contributed by atoms with Crippen LogP contribution in [-0.2, 0) is 29.5 Å². The smallest absolute Gasteiger partial charge is 0.262 e. The van der Waals surface area contributed by atoms with E-state index in [-0.39, 0.29) is 56.6 Å². The normalized spacial score (nSPS) is 19.0. The number of rotatable bonds is 6.